The Hall–Kier alpha value is -3.17. The van der Waals surface area contributed by atoms with Crippen molar-refractivity contribution in [2.45, 2.75) is 11.3 Å². The summed E-state index contributed by atoms with van der Waals surface area (Å²) in [5.74, 6) is 0.171. The topological polar surface area (TPSA) is 96.5 Å². The molecule has 3 rings (SSSR count). The van der Waals surface area contributed by atoms with Crippen molar-refractivity contribution in [2.24, 2.45) is 0 Å². The van der Waals surface area contributed by atoms with E-state index in [0.29, 0.717) is 23.6 Å². The first-order valence-corrected chi connectivity index (χ1v) is 10.6. The molecule has 150 valence electrons. The third-order valence-electron chi connectivity index (χ3n) is 3.83. The van der Waals surface area contributed by atoms with Gasteiger partial charge in [0.25, 0.3) is 15.9 Å². The molecular formula is C20H19N3O4S2. The molecule has 0 saturated heterocycles. The highest BCUT2D eigenvalue weighted by Crippen LogP contribution is 2.17. The van der Waals surface area contributed by atoms with Crippen molar-refractivity contribution in [3.63, 3.8) is 0 Å². The molecule has 0 aliphatic heterocycles. The summed E-state index contributed by atoms with van der Waals surface area (Å²) in [6.45, 7) is -0.181. The van der Waals surface area contributed by atoms with E-state index in [0.717, 1.165) is 0 Å². The molecule has 0 atom stereocenters. The van der Waals surface area contributed by atoms with Gasteiger partial charge in [-0.2, -0.15) is 0 Å². The lowest BCUT2D eigenvalue weighted by Gasteiger charge is -2.12. The van der Waals surface area contributed by atoms with Gasteiger partial charge in [-0.3, -0.25) is 14.8 Å². The molecule has 0 saturated carbocycles. The summed E-state index contributed by atoms with van der Waals surface area (Å²) in [7, 11) is -3.65. The molecule has 29 heavy (non-hydrogen) atoms. The van der Waals surface area contributed by atoms with Crippen molar-refractivity contribution in [1.82, 2.24) is 10.0 Å². The molecule has 0 heterocycles. The molecule has 1 amide bonds. The van der Waals surface area contributed by atoms with Crippen LogP contribution in [0.2, 0.25) is 0 Å². The van der Waals surface area contributed by atoms with E-state index in [2.05, 4.69) is 15.4 Å². The number of sulfonamides is 1. The first-order valence-electron chi connectivity index (χ1n) is 8.70. The summed E-state index contributed by atoms with van der Waals surface area (Å²) >= 11 is 5.10. The molecule has 0 bridgehead atoms. The average molecular weight is 430 g/mol. The highest BCUT2D eigenvalue weighted by molar-refractivity contribution is 7.89. The molecule has 0 radical (unpaired) electrons. The molecule has 0 aromatic heterocycles. The molecule has 0 spiro atoms. The average Bonchev–Trinajstić information content (AvgIpc) is 3.20. The number of carbonyl (C=O) groups excluding carboxylic acids is 1. The summed E-state index contributed by atoms with van der Waals surface area (Å²) in [6, 6.07) is 15.0. The van der Waals surface area contributed by atoms with Gasteiger partial charge in [-0.25, -0.2) is 8.42 Å². The van der Waals surface area contributed by atoms with Crippen LogP contribution in [-0.2, 0) is 14.8 Å². The minimum atomic E-state index is -3.65. The van der Waals surface area contributed by atoms with Crippen molar-refractivity contribution >= 4 is 38.9 Å². The van der Waals surface area contributed by atoms with Crippen molar-refractivity contribution in [3.8, 4) is 5.75 Å². The number of para-hydroxylation sites is 1. The fourth-order valence-electron chi connectivity index (χ4n) is 2.46. The van der Waals surface area contributed by atoms with Crippen molar-refractivity contribution in [1.29, 1.82) is 0 Å². The van der Waals surface area contributed by atoms with Crippen LogP contribution in [0.25, 0.3) is 0 Å². The van der Waals surface area contributed by atoms with Gasteiger partial charge in [0.2, 0.25) is 0 Å². The number of anilines is 1. The number of hydrogen-bond acceptors (Lipinski definition) is 5. The zero-order chi connectivity index (χ0) is 20.7. The van der Waals surface area contributed by atoms with E-state index in [1.807, 2.05) is 12.1 Å². The molecule has 2 aromatic rings. The van der Waals surface area contributed by atoms with Crippen LogP contribution in [0, 0.1) is 0 Å². The van der Waals surface area contributed by atoms with E-state index in [1.165, 1.54) is 12.1 Å². The van der Waals surface area contributed by atoms with Crippen LogP contribution < -0.4 is 20.1 Å². The number of allylic oxidation sites excluding steroid dienone is 3. The monoisotopic (exact) mass is 429 g/mol. The Balaban J connectivity index is 1.49. The first-order chi connectivity index (χ1) is 13.9. The van der Waals surface area contributed by atoms with E-state index < -0.39 is 15.9 Å². The molecule has 2 aromatic carbocycles. The number of rotatable bonds is 7. The molecule has 1 aliphatic carbocycles. The van der Waals surface area contributed by atoms with Gasteiger partial charge >= 0.3 is 0 Å². The number of ether oxygens (including phenoxy) is 1. The third kappa shape index (κ3) is 6.16. The smallest absolute Gasteiger partial charge is 0.264 e. The Morgan fingerprint density at radius 2 is 1.79 bits per heavy atom. The number of carbonyl (C=O) groups is 1. The fraction of sp³-hybridized carbons (Fsp3) is 0.100. The second-order valence-electron chi connectivity index (χ2n) is 6.06. The highest BCUT2D eigenvalue weighted by atomic mass is 32.2. The van der Waals surface area contributed by atoms with Crippen LogP contribution in [0.1, 0.15) is 6.42 Å². The van der Waals surface area contributed by atoms with Crippen LogP contribution in [0.15, 0.2) is 83.4 Å². The van der Waals surface area contributed by atoms with Gasteiger partial charge in [-0.1, -0.05) is 30.4 Å². The van der Waals surface area contributed by atoms with E-state index in [1.54, 1.807) is 48.6 Å². The summed E-state index contributed by atoms with van der Waals surface area (Å²) in [5.41, 5.74) is 1.16. The molecule has 3 N–H and O–H groups in total. The Morgan fingerprint density at radius 1 is 1.07 bits per heavy atom. The zero-order valence-corrected chi connectivity index (χ0v) is 16.9. The first kappa shape index (κ1) is 20.6. The second-order valence-corrected chi connectivity index (χ2v) is 8.15. The van der Waals surface area contributed by atoms with Gasteiger partial charge in [0.1, 0.15) is 5.75 Å². The van der Waals surface area contributed by atoms with E-state index in [4.69, 9.17) is 17.0 Å². The largest absolute Gasteiger partial charge is 0.484 e. The minimum absolute atomic E-state index is 0.0857. The molecule has 0 unspecified atom stereocenters. The highest BCUT2D eigenvalue weighted by Gasteiger charge is 2.16. The predicted molar refractivity (Wildman–Crippen MR) is 115 cm³/mol. The lowest BCUT2D eigenvalue weighted by atomic mass is 10.3. The Morgan fingerprint density at radius 3 is 2.45 bits per heavy atom. The molecule has 0 fully saturated rings. The molecule has 7 nitrogen and oxygen atoms in total. The number of amides is 1. The predicted octanol–water partition coefficient (Wildman–Crippen LogP) is 2.70. The third-order valence-corrected chi connectivity index (χ3v) is 5.45. The van der Waals surface area contributed by atoms with E-state index in [-0.39, 0.29) is 16.6 Å². The van der Waals surface area contributed by atoms with E-state index in [9.17, 15) is 13.2 Å². The number of thiocarbonyl (C=S) groups is 1. The zero-order valence-electron chi connectivity index (χ0n) is 15.3. The fourth-order valence-corrected chi connectivity index (χ4v) is 3.80. The maximum Gasteiger partial charge on any atom is 0.264 e. The Kier molecular flexibility index (Phi) is 6.63. The second kappa shape index (κ2) is 9.35. The van der Waals surface area contributed by atoms with Crippen LogP contribution in [0.3, 0.4) is 0 Å². The van der Waals surface area contributed by atoms with Crippen LogP contribution in [-0.4, -0.2) is 26.0 Å². The minimum Gasteiger partial charge on any atom is -0.484 e. The summed E-state index contributed by atoms with van der Waals surface area (Å²) < 4.78 is 32.6. The summed E-state index contributed by atoms with van der Waals surface area (Å²) in [5, 5.41) is 5.42. The van der Waals surface area contributed by atoms with Crippen molar-refractivity contribution < 1.29 is 17.9 Å². The van der Waals surface area contributed by atoms with E-state index >= 15 is 0 Å². The van der Waals surface area contributed by atoms with Gasteiger partial charge in [-0.15, -0.1) is 0 Å². The molecule has 9 heteroatoms. The lowest BCUT2D eigenvalue weighted by Crippen LogP contribution is -2.37. The Bertz CT molecular complexity index is 1050. The number of hydrogen-bond donors (Lipinski definition) is 3. The van der Waals surface area contributed by atoms with Gasteiger partial charge in [0, 0.05) is 17.8 Å². The van der Waals surface area contributed by atoms with Crippen molar-refractivity contribution in [2.75, 3.05) is 11.9 Å². The molecule has 1 aliphatic rings. The van der Waals surface area contributed by atoms with Crippen LogP contribution in [0.5, 0.6) is 5.75 Å². The molecular weight excluding hydrogens is 410 g/mol. The van der Waals surface area contributed by atoms with Crippen LogP contribution in [0.4, 0.5) is 5.69 Å². The van der Waals surface area contributed by atoms with Crippen molar-refractivity contribution in [3.05, 3.63) is 78.5 Å². The van der Waals surface area contributed by atoms with Gasteiger partial charge in [0.05, 0.1) is 4.90 Å². The maximum atomic E-state index is 12.4. The lowest BCUT2D eigenvalue weighted by molar-refractivity contribution is -0.121. The Labute approximate surface area is 174 Å². The SMILES string of the molecule is O=C(COc1ccccc1)NC(=S)Nc1ccc(S(=O)(=O)NC2=CC=CC2)cc1. The normalized spacial score (nSPS) is 12.8. The van der Waals surface area contributed by atoms with Crippen LogP contribution >= 0.6 is 12.2 Å². The number of nitrogens with one attached hydrogen (secondary N) is 3. The maximum absolute atomic E-state index is 12.4. The quantitative estimate of drug-likeness (QED) is 0.586. The van der Waals surface area contributed by atoms with Gasteiger partial charge in [0.15, 0.2) is 11.7 Å². The summed E-state index contributed by atoms with van der Waals surface area (Å²) in [4.78, 5) is 12.0. The standard InChI is InChI=1S/C20H19N3O4S2/c24-19(14-27-17-8-2-1-3-9-17)22-20(28)21-15-10-12-18(13-11-15)29(25,26)23-16-6-4-5-7-16/h1-6,8-13,23H,7,14H2,(H2,21,22,24,28). The summed E-state index contributed by atoms with van der Waals surface area (Å²) in [6.07, 6.45) is 5.94. The number of benzene rings is 2. The van der Waals surface area contributed by atoms with Gasteiger partial charge in [-0.05, 0) is 54.7 Å². The van der Waals surface area contributed by atoms with Gasteiger partial charge < -0.3 is 10.1 Å².